The van der Waals surface area contributed by atoms with Gasteiger partial charge < -0.3 is 14.7 Å². The Morgan fingerprint density at radius 1 is 1.29 bits per heavy atom. The first-order valence-electron chi connectivity index (χ1n) is 7.95. The monoisotopic (exact) mass is 342 g/mol. The van der Waals surface area contributed by atoms with Crippen molar-refractivity contribution < 1.29 is 9.84 Å². The van der Waals surface area contributed by atoms with Gasteiger partial charge in [0.15, 0.2) is 5.65 Å². The van der Waals surface area contributed by atoms with Gasteiger partial charge in [0.1, 0.15) is 11.3 Å². The van der Waals surface area contributed by atoms with Gasteiger partial charge in [-0.15, -0.1) is 11.3 Å². The summed E-state index contributed by atoms with van der Waals surface area (Å²) in [7, 11) is 0. The highest BCUT2D eigenvalue weighted by Gasteiger charge is 2.27. The van der Waals surface area contributed by atoms with E-state index in [0.29, 0.717) is 25.3 Å². The maximum Gasteiger partial charge on any atom is 0.180 e. The van der Waals surface area contributed by atoms with Crippen molar-refractivity contribution in [1.29, 1.82) is 0 Å². The number of aliphatic hydroxyl groups excluding tert-OH is 1. The van der Waals surface area contributed by atoms with E-state index in [4.69, 9.17) is 4.74 Å². The molecule has 1 aliphatic heterocycles. The van der Waals surface area contributed by atoms with Crippen molar-refractivity contribution in [3.8, 4) is 0 Å². The number of hydrogen-bond donors (Lipinski definition) is 1. The van der Waals surface area contributed by atoms with Crippen LogP contribution in [0.3, 0.4) is 0 Å². The third kappa shape index (κ3) is 3.10. The van der Waals surface area contributed by atoms with Crippen molar-refractivity contribution in [2.24, 2.45) is 0 Å². The van der Waals surface area contributed by atoms with Crippen LogP contribution < -0.4 is 4.90 Å². The fourth-order valence-electron chi connectivity index (χ4n) is 3.01. The molecular formula is C17H18N4O2S. The van der Waals surface area contributed by atoms with Crippen LogP contribution in [0.15, 0.2) is 42.0 Å². The second-order valence-corrected chi connectivity index (χ2v) is 6.74. The van der Waals surface area contributed by atoms with Crippen LogP contribution in [-0.4, -0.2) is 45.9 Å². The molecule has 0 saturated carbocycles. The first-order valence-corrected chi connectivity index (χ1v) is 8.83. The Hall–Kier alpha value is -2.09. The smallest absolute Gasteiger partial charge is 0.180 e. The van der Waals surface area contributed by atoms with E-state index in [0.717, 1.165) is 22.8 Å². The molecule has 2 unspecified atom stereocenters. The number of thiophene rings is 1. The van der Waals surface area contributed by atoms with Crippen molar-refractivity contribution in [3.05, 3.63) is 46.9 Å². The number of anilines is 1. The standard InChI is InChI=1S/C17H18N4O2S/c22-14(15-2-1-9-24-15)10-12-11-23-8-7-21(12)16-4-3-13-17(20-16)19-6-5-18-13/h1-6,9,12,14,22H,7-8,10-11H2. The number of ether oxygens (including phenoxy) is 1. The van der Waals surface area contributed by atoms with Gasteiger partial charge in [-0.3, -0.25) is 4.98 Å². The minimum absolute atomic E-state index is 0.0810. The van der Waals surface area contributed by atoms with Gasteiger partial charge in [0, 0.05) is 30.2 Å². The Morgan fingerprint density at radius 3 is 3.08 bits per heavy atom. The molecule has 7 heteroatoms. The Labute approximate surface area is 143 Å². The van der Waals surface area contributed by atoms with Crippen molar-refractivity contribution >= 4 is 28.3 Å². The normalized spacial score (nSPS) is 19.5. The highest BCUT2D eigenvalue weighted by atomic mass is 32.1. The summed E-state index contributed by atoms with van der Waals surface area (Å²) in [6.07, 6.45) is 3.44. The van der Waals surface area contributed by atoms with Crippen LogP contribution >= 0.6 is 11.3 Å². The summed E-state index contributed by atoms with van der Waals surface area (Å²) < 4.78 is 5.63. The Bertz CT molecular complexity index is 811. The average molecular weight is 342 g/mol. The van der Waals surface area contributed by atoms with E-state index in [-0.39, 0.29) is 6.04 Å². The third-order valence-corrected chi connectivity index (χ3v) is 5.18. The summed E-state index contributed by atoms with van der Waals surface area (Å²) in [6, 6.07) is 7.91. The maximum atomic E-state index is 10.5. The van der Waals surface area contributed by atoms with Crippen LogP contribution in [0.1, 0.15) is 17.4 Å². The molecule has 3 aromatic heterocycles. The molecule has 0 amide bonds. The summed E-state index contributed by atoms with van der Waals surface area (Å²) in [6.45, 7) is 2.00. The maximum absolute atomic E-state index is 10.5. The number of nitrogens with zero attached hydrogens (tertiary/aromatic N) is 4. The SMILES string of the molecule is OC(CC1COCCN1c1ccc2nccnc2n1)c1cccs1. The van der Waals surface area contributed by atoms with Crippen LogP contribution in [0.4, 0.5) is 5.82 Å². The number of aliphatic hydroxyl groups is 1. The molecule has 2 atom stereocenters. The second kappa shape index (κ2) is 6.80. The molecule has 1 N–H and O–H groups in total. The van der Waals surface area contributed by atoms with E-state index in [2.05, 4.69) is 19.9 Å². The van der Waals surface area contributed by atoms with Crippen molar-refractivity contribution in [2.75, 3.05) is 24.7 Å². The van der Waals surface area contributed by atoms with Crippen molar-refractivity contribution in [1.82, 2.24) is 15.0 Å². The van der Waals surface area contributed by atoms with Gasteiger partial charge >= 0.3 is 0 Å². The lowest BCUT2D eigenvalue weighted by Crippen LogP contribution is -2.46. The number of morpholine rings is 1. The fourth-order valence-corrected chi connectivity index (χ4v) is 3.74. The van der Waals surface area contributed by atoms with Gasteiger partial charge in [-0.25, -0.2) is 9.97 Å². The van der Waals surface area contributed by atoms with E-state index in [1.807, 2.05) is 29.6 Å². The summed E-state index contributed by atoms with van der Waals surface area (Å²) in [5.41, 5.74) is 1.42. The van der Waals surface area contributed by atoms with Crippen LogP contribution in [0.2, 0.25) is 0 Å². The Kier molecular flexibility index (Phi) is 4.38. The molecule has 6 nitrogen and oxygen atoms in total. The zero-order chi connectivity index (χ0) is 16.4. The molecule has 0 aromatic carbocycles. The molecule has 0 bridgehead atoms. The van der Waals surface area contributed by atoms with Crippen LogP contribution in [-0.2, 0) is 4.74 Å². The largest absolute Gasteiger partial charge is 0.387 e. The number of hydrogen-bond acceptors (Lipinski definition) is 7. The predicted octanol–water partition coefficient (Wildman–Crippen LogP) is 2.42. The van der Waals surface area contributed by atoms with Gasteiger partial charge in [-0.1, -0.05) is 6.07 Å². The first-order chi connectivity index (χ1) is 11.8. The zero-order valence-electron chi connectivity index (χ0n) is 13.1. The fraction of sp³-hybridized carbons (Fsp3) is 0.353. The van der Waals surface area contributed by atoms with Gasteiger partial charge in [0.05, 0.1) is 25.4 Å². The van der Waals surface area contributed by atoms with Gasteiger partial charge in [-0.2, -0.15) is 0 Å². The molecule has 24 heavy (non-hydrogen) atoms. The molecule has 1 saturated heterocycles. The molecule has 4 heterocycles. The number of rotatable bonds is 4. The molecule has 0 aliphatic carbocycles. The quantitative estimate of drug-likeness (QED) is 0.785. The summed E-state index contributed by atoms with van der Waals surface area (Å²) in [4.78, 5) is 16.4. The van der Waals surface area contributed by atoms with E-state index in [1.165, 1.54) is 0 Å². The van der Waals surface area contributed by atoms with Gasteiger partial charge in [-0.05, 0) is 23.6 Å². The lowest BCUT2D eigenvalue weighted by atomic mass is 10.1. The number of fused-ring (bicyclic) bond motifs is 1. The summed E-state index contributed by atoms with van der Waals surface area (Å²) >= 11 is 1.58. The lowest BCUT2D eigenvalue weighted by molar-refractivity contribution is 0.0685. The van der Waals surface area contributed by atoms with Crippen molar-refractivity contribution in [2.45, 2.75) is 18.6 Å². The molecule has 1 fully saturated rings. The van der Waals surface area contributed by atoms with Gasteiger partial charge in [0.25, 0.3) is 0 Å². The minimum Gasteiger partial charge on any atom is -0.387 e. The van der Waals surface area contributed by atoms with Crippen LogP contribution in [0.5, 0.6) is 0 Å². The second-order valence-electron chi connectivity index (χ2n) is 5.76. The molecule has 0 spiro atoms. The molecule has 0 radical (unpaired) electrons. The molecule has 4 rings (SSSR count). The number of pyridine rings is 1. The molecule has 1 aliphatic rings. The third-order valence-electron chi connectivity index (χ3n) is 4.21. The lowest BCUT2D eigenvalue weighted by Gasteiger charge is -2.37. The number of aromatic nitrogens is 3. The van der Waals surface area contributed by atoms with E-state index < -0.39 is 6.10 Å². The summed E-state index contributed by atoms with van der Waals surface area (Å²) in [5.74, 6) is 0.856. The summed E-state index contributed by atoms with van der Waals surface area (Å²) in [5, 5.41) is 12.5. The Morgan fingerprint density at radius 2 is 2.21 bits per heavy atom. The van der Waals surface area contributed by atoms with E-state index in [1.54, 1.807) is 23.7 Å². The predicted molar refractivity (Wildman–Crippen MR) is 93.2 cm³/mol. The average Bonchev–Trinajstić information content (AvgIpc) is 3.17. The van der Waals surface area contributed by atoms with E-state index in [9.17, 15) is 5.11 Å². The van der Waals surface area contributed by atoms with Gasteiger partial charge in [0.2, 0.25) is 0 Å². The highest BCUT2D eigenvalue weighted by Crippen LogP contribution is 2.28. The van der Waals surface area contributed by atoms with Crippen LogP contribution in [0.25, 0.3) is 11.2 Å². The Balaban J connectivity index is 1.58. The molecule has 3 aromatic rings. The van der Waals surface area contributed by atoms with Crippen LogP contribution in [0, 0.1) is 0 Å². The highest BCUT2D eigenvalue weighted by molar-refractivity contribution is 7.10. The zero-order valence-corrected chi connectivity index (χ0v) is 13.9. The first kappa shape index (κ1) is 15.4. The minimum atomic E-state index is -0.487. The van der Waals surface area contributed by atoms with E-state index >= 15 is 0 Å². The topological polar surface area (TPSA) is 71.4 Å². The van der Waals surface area contributed by atoms with Crippen molar-refractivity contribution in [3.63, 3.8) is 0 Å². The molecule has 124 valence electrons. The molecular weight excluding hydrogens is 324 g/mol.